The number of sulfone groups is 1. The number of hydrogen-bond acceptors (Lipinski definition) is 5. The molecule has 2 aromatic rings. The fraction of sp³-hybridized carbons (Fsp3) is 0.308. The first-order valence-electron chi connectivity index (χ1n) is 6.50. The highest BCUT2D eigenvalue weighted by molar-refractivity contribution is 7.91. The van der Waals surface area contributed by atoms with Crippen molar-refractivity contribution in [1.82, 2.24) is 14.8 Å². The van der Waals surface area contributed by atoms with E-state index < -0.39 is 15.8 Å². The number of nitrogens with one attached hydrogen (secondary N) is 1. The molecule has 0 spiro atoms. The number of hydrogen-bond donors (Lipinski definition) is 1. The van der Waals surface area contributed by atoms with Gasteiger partial charge in [-0.1, -0.05) is 0 Å². The largest absolute Gasteiger partial charge is 0.326 e. The Kier molecular flexibility index (Phi) is 3.46. The van der Waals surface area contributed by atoms with Crippen LogP contribution in [0.15, 0.2) is 36.9 Å². The number of carbonyl (C=O) groups is 1. The normalized spacial score (nSPS) is 20.3. The molecule has 1 saturated heterocycles. The lowest BCUT2D eigenvalue weighted by molar-refractivity contribution is -0.119. The molecule has 1 N–H and O–H groups in total. The van der Waals surface area contributed by atoms with Gasteiger partial charge in [0.15, 0.2) is 9.84 Å². The van der Waals surface area contributed by atoms with Crippen LogP contribution < -0.4 is 5.32 Å². The van der Waals surface area contributed by atoms with Gasteiger partial charge in [0, 0.05) is 5.69 Å². The Morgan fingerprint density at radius 3 is 2.62 bits per heavy atom. The molecule has 1 amide bonds. The highest BCUT2D eigenvalue weighted by Crippen LogP contribution is 2.21. The van der Waals surface area contributed by atoms with Crippen molar-refractivity contribution < 1.29 is 13.2 Å². The van der Waals surface area contributed by atoms with Gasteiger partial charge in [0.2, 0.25) is 5.91 Å². The van der Waals surface area contributed by atoms with Gasteiger partial charge in [0.1, 0.15) is 12.7 Å². The Labute approximate surface area is 121 Å². The van der Waals surface area contributed by atoms with E-state index in [9.17, 15) is 13.2 Å². The summed E-state index contributed by atoms with van der Waals surface area (Å²) in [6, 6.07) is 7.10. The summed E-state index contributed by atoms with van der Waals surface area (Å²) in [6.07, 6.45) is 3.42. The van der Waals surface area contributed by atoms with Crippen LogP contribution in [-0.4, -0.2) is 40.6 Å². The van der Waals surface area contributed by atoms with Crippen molar-refractivity contribution in [2.45, 2.75) is 6.42 Å². The number of nitrogens with zero attached hydrogens (tertiary/aromatic N) is 3. The number of benzene rings is 1. The first-order valence-corrected chi connectivity index (χ1v) is 8.32. The summed E-state index contributed by atoms with van der Waals surface area (Å²) in [5.41, 5.74) is 1.46. The van der Waals surface area contributed by atoms with E-state index in [1.54, 1.807) is 35.3 Å². The minimum absolute atomic E-state index is 0.0596. The third-order valence-corrected chi connectivity index (χ3v) is 5.19. The quantitative estimate of drug-likeness (QED) is 0.898. The summed E-state index contributed by atoms with van der Waals surface area (Å²) < 4.78 is 24.4. The van der Waals surface area contributed by atoms with Crippen molar-refractivity contribution in [2.75, 3.05) is 16.8 Å². The van der Waals surface area contributed by atoms with Gasteiger partial charge in [-0.3, -0.25) is 4.79 Å². The molecule has 0 bridgehead atoms. The van der Waals surface area contributed by atoms with E-state index in [1.807, 2.05) is 0 Å². The zero-order valence-electron chi connectivity index (χ0n) is 11.1. The topological polar surface area (TPSA) is 93.9 Å². The summed E-state index contributed by atoms with van der Waals surface area (Å²) in [7, 11) is -3.05. The van der Waals surface area contributed by atoms with Gasteiger partial charge in [-0.05, 0) is 30.7 Å². The maximum Gasteiger partial charge on any atom is 0.228 e. The van der Waals surface area contributed by atoms with Gasteiger partial charge >= 0.3 is 0 Å². The lowest BCUT2D eigenvalue weighted by Crippen LogP contribution is -2.23. The Balaban J connectivity index is 1.67. The van der Waals surface area contributed by atoms with Crippen molar-refractivity contribution in [3.63, 3.8) is 0 Å². The van der Waals surface area contributed by atoms with Crippen LogP contribution in [0.5, 0.6) is 0 Å². The number of rotatable bonds is 3. The first kappa shape index (κ1) is 13.7. The Bertz CT molecular complexity index is 738. The number of anilines is 1. The van der Waals surface area contributed by atoms with Crippen molar-refractivity contribution >= 4 is 21.4 Å². The summed E-state index contributed by atoms with van der Waals surface area (Å²) in [6.45, 7) is 0. The van der Waals surface area contributed by atoms with Crippen LogP contribution in [-0.2, 0) is 14.6 Å². The summed E-state index contributed by atoms with van der Waals surface area (Å²) in [4.78, 5) is 15.9. The van der Waals surface area contributed by atoms with Gasteiger partial charge in [-0.25, -0.2) is 18.1 Å². The zero-order chi connectivity index (χ0) is 14.9. The summed E-state index contributed by atoms with van der Waals surface area (Å²) >= 11 is 0. The number of amides is 1. The predicted molar refractivity (Wildman–Crippen MR) is 76.7 cm³/mol. The molecule has 8 heteroatoms. The molecule has 0 saturated carbocycles. The van der Waals surface area contributed by atoms with E-state index in [-0.39, 0.29) is 17.4 Å². The molecule has 1 atom stereocenters. The van der Waals surface area contributed by atoms with E-state index in [0.717, 1.165) is 5.69 Å². The molecule has 1 fully saturated rings. The highest BCUT2D eigenvalue weighted by Gasteiger charge is 2.32. The van der Waals surface area contributed by atoms with Crippen molar-refractivity contribution in [3.05, 3.63) is 36.9 Å². The lowest BCUT2D eigenvalue weighted by Gasteiger charge is -2.10. The second-order valence-electron chi connectivity index (χ2n) is 4.98. The van der Waals surface area contributed by atoms with Crippen LogP contribution in [0.3, 0.4) is 0 Å². The monoisotopic (exact) mass is 306 g/mol. The van der Waals surface area contributed by atoms with Gasteiger partial charge in [-0.15, -0.1) is 0 Å². The van der Waals surface area contributed by atoms with E-state index in [4.69, 9.17) is 0 Å². The maximum absolute atomic E-state index is 12.0. The average Bonchev–Trinajstić information content (AvgIpc) is 3.09. The third kappa shape index (κ3) is 3.10. The van der Waals surface area contributed by atoms with Crippen LogP contribution in [0.1, 0.15) is 6.42 Å². The van der Waals surface area contributed by atoms with Crippen molar-refractivity contribution in [2.24, 2.45) is 5.92 Å². The Morgan fingerprint density at radius 2 is 2.05 bits per heavy atom. The summed E-state index contributed by atoms with van der Waals surface area (Å²) in [5, 5.41) is 6.75. The fourth-order valence-electron chi connectivity index (χ4n) is 2.29. The highest BCUT2D eigenvalue weighted by atomic mass is 32.2. The number of carbonyl (C=O) groups excluding carboxylic acids is 1. The average molecular weight is 306 g/mol. The molecule has 0 aliphatic carbocycles. The minimum atomic E-state index is -3.05. The molecular formula is C13H14N4O3S. The van der Waals surface area contributed by atoms with Gasteiger partial charge in [-0.2, -0.15) is 5.10 Å². The maximum atomic E-state index is 12.0. The van der Waals surface area contributed by atoms with E-state index in [0.29, 0.717) is 12.1 Å². The molecule has 21 heavy (non-hydrogen) atoms. The van der Waals surface area contributed by atoms with Crippen molar-refractivity contribution in [3.8, 4) is 5.69 Å². The Hall–Kier alpha value is -2.22. The van der Waals surface area contributed by atoms with E-state index >= 15 is 0 Å². The number of aromatic nitrogens is 3. The molecule has 1 aliphatic rings. The third-order valence-electron chi connectivity index (χ3n) is 3.42. The molecule has 1 unspecified atom stereocenters. The minimum Gasteiger partial charge on any atom is -0.326 e. The van der Waals surface area contributed by atoms with Gasteiger partial charge in [0.25, 0.3) is 0 Å². The van der Waals surface area contributed by atoms with Crippen LogP contribution >= 0.6 is 0 Å². The first-order chi connectivity index (χ1) is 10.0. The molecule has 2 heterocycles. The molecule has 1 aromatic carbocycles. The molecule has 7 nitrogen and oxygen atoms in total. The predicted octanol–water partition coefficient (Wildman–Crippen LogP) is 0.641. The fourth-order valence-corrected chi connectivity index (χ4v) is 4.03. The molecular weight excluding hydrogens is 292 g/mol. The van der Waals surface area contributed by atoms with E-state index in [2.05, 4.69) is 15.4 Å². The second-order valence-corrected chi connectivity index (χ2v) is 7.20. The lowest BCUT2D eigenvalue weighted by atomic mass is 10.1. The Morgan fingerprint density at radius 1 is 1.29 bits per heavy atom. The zero-order valence-corrected chi connectivity index (χ0v) is 12.0. The SMILES string of the molecule is O=C(Nc1ccc(-n2cncn2)cc1)C1CCS(=O)(=O)C1. The van der Waals surface area contributed by atoms with E-state index in [1.165, 1.54) is 6.33 Å². The second kappa shape index (κ2) is 5.28. The summed E-state index contributed by atoms with van der Waals surface area (Å²) in [5.74, 6) is -0.666. The van der Waals surface area contributed by atoms with Crippen LogP contribution in [0, 0.1) is 5.92 Å². The van der Waals surface area contributed by atoms with Gasteiger partial charge < -0.3 is 5.32 Å². The van der Waals surface area contributed by atoms with Crippen LogP contribution in [0.25, 0.3) is 5.69 Å². The molecule has 0 radical (unpaired) electrons. The standard InChI is InChI=1S/C13H14N4O3S/c18-13(10-5-6-21(19,20)7-10)16-11-1-3-12(4-2-11)17-9-14-8-15-17/h1-4,8-10H,5-7H2,(H,16,18). The van der Waals surface area contributed by atoms with Crippen molar-refractivity contribution in [1.29, 1.82) is 0 Å². The molecule has 110 valence electrons. The van der Waals surface area contributed by atoms with Crippen LogP contribution in [0.2, 0.25) is 0 Å². The molecule has 1 aliphatic heterocycles. The van der Waals surface area contributed by atoms with Crippen LogP contribution in [0.4, 0.5) is 5.69 Å². The molecule has 3 rings (SSSR count). The van der Waals surface area contributed by atoms with Gasteiger partial charge in [0.05, 0.1) is 23.1 Å². The smallest absolute Gasteiger partial charge is 0.228 e. The molecule has 1 aromatic heterocycles.